The van der Waals surface area contributed by atoms with Gasteiger partial charge in [0, 0.05) is 10.6 Å². The molecule has 1 fully saturated rings. The van der Waals surface area contributed by atoms with Crippen LogP contribution < -0.4 is 0 Å². The second-order valence-corrected chi connectivity index (χ2v) is 5.96. The van der Waals surface area contributed by atoms with Gasteiger partial charge in [-0.3, -0.25) is 0 Å². The maximum absolute atomic E-state index is 13.1. The molecule has 0 N–H and O–H groups in total. The van der Waals surface area contributed by atoms with Gasteiger partial charge in [-0.15, -0.1) is 0 Å². The number of alkyl halides is 3. The SMILES string of the molecule is CC/C(=N\OCC1CCCC1)c1cc(Cl)ccc1C(F)(F)F. The number of oxime groups is 1. The second-order valence-electron chi connectivity index (χ2n) is 5.53. The fourth-order valence-electron chi connectivity index (χ4n) is 2.70. The van der Waals surface area contributed by atoms with Gasteiger partial charge in [-0.2, -0.15) is 13.2 Å². The highest BCUT2D eigenvalue weighted by molar-refractivity contribution is 6.31. The summed E-state index contributed by atoms with van der Waals surface area (Å²) in [6.07, 6.45) is 0.467. The molecule has 22 heavy (non-hydrogen) atoms. The van der Waals surface area contributed by atoms with E-state index < -0.39 is 11.7 Å². The molecular weight excluding hydrogens is 315 g/mol. The van der Waals surface area contributed by atoms with Crippen LogP contribution in [0.25, 0.3) is 0 Å². The van der Waals surface area contributed by atoms with E-state index in [-0.39, 0.29) is 16.3 Å². The summed E-state index contributed by atoms with van der Waals surface area (Å²) < 4.78 is 39.3. The molecule has 1 aromatic carbocycles. The lowest BCUT2D eigenvalue weighted by molar-refractivity contribution is -0.137. The number of hydrogen-bond acceptors (Lipinski definition) is 2. The van der Waals surface area contributed by atoms with E-state index >= 15 is 0 Å². The third-order valence-electron chi connectivity index (χ3n) is 3.89. The minimum Gasteiger partial charge on any atom is -0.395 e. The lowest BCUT2D eigenvalue weighted by Gasteiger charge is -2.14. The van der Waals surface area contributed by atoms with Crippen molar-refractivity contribution in [2.75, 3.05) is 6.61 Å². The van der Waals surface area contributed by atoms with Gasteiger partial charge < -0.3 is 4.84 Å². The van der Waals surface area contributed by atoms with Gasteiger partial charge in [-0.1, -0.05) is 36.5 Å². The molecule has 0 bridgehead atoms. The summed E-state index contributed by atoms with van der Waals surface area (Å²) >= 11 is 5.84. The first kappa shape index (κ1) is 17.1. The van der Waals surface area contributed by atoms with Crippen molar-refractivity contribution < 1.29 is 18.0 Å². The number of halogens is 4. The van der Waals surface area contributed by atoms with E-state index in [1.54, 1.807) is 6.92 Å². The molecule has 0 unspecified atom stereocenters. The third-order valence-corrected chi connectivity index (χ3v) is 4.13. The normalized spacial score (nSPS) is 17.0. The van der Waals surface area contributed by atoms with Crippen molar-refractivity contribution in [3.8, 4) is 0 Å². The van der Waals surface area contributed by atoms with Gasteiger partial charge in [0.15, 0.2) is 0 Å². The maximum atomic E-state index is 13.1. The van der Waals surface area contributed by atoms with Crippen LogP contribution in [-0.4, -0.2) is 12.3 Å². The molecule has 122 valence electrons. The zero-order valence-corrected chi connectivity index (χ0v) is 13.2. The highest BCUT2D eigenvalue weighted by Gasteiger charge is 2.34. The van der Waals surface area contributed by atoms with Crippen molar-refractivity contribution in [2.24, 2.45) is 11.1 Å². The van der Waals surface area contributed by atoms with Gasteiger partial charge in [0.1, 0.15) is 6.61 Å². The molecular formula is C16H19ClF3NO. The van der Waals surface area contributed by atoms with Crippen molar-refractivity contribution >= 4 is 17.3 Å². The van der Waals surface area contributed by atoms with Gasteiger partial charge in [0.25, 0.3) is 0 Å². The molecule has 2 rings (SSSR count). The monoisotopic (exact) mass is 333 g/mol. The number of rotatable bonds is 5. The van der Waals surface area contributed by atoms with E-state index in [9.17, 15) is 13.2 Å². The van der Waals surface area contributed by atoms with Crippen LogP contribution in [0.2, 0.25) is 5.02 Å². The van der Waals surface area contributed by atoms with Crippen LogP contribution in [0.4, 0.5) is 13.2 Å². The first-order chi connectivity index (χ1) is 10.4. The third kappa shape index (κ3) is 4.38. The Morgan fingerprint density at radius 2 is 2.00 bits per heavy atom. The number of nitrogens with zero attached hydrogens (tertiary/aromatic N) is 1. The summed E-state index contributed by atoms with van der Waals surface area (Å²) in [4.78, 5) is 5.31. The fourth-order valence-corrected chi connectivity index (χ4v) is 2.88. The topological polar surface area (TPSA) is 21.6 Å². The molecule has 1 aromatic rings. The Balaban J connectivity index is 2.20. The molecule has 0 aliphatic heterocycles. The molecule has 1 aliphatic rings. The smallest absolute Gasteiger partial charge is 0.395 e. The average molecular weight is 334 g/mol. The Bertz CT molecular complexity index is 537. The molecule has 1 saturated carbocycles. The van der Waals surface area contributed by atoms with Gasteiger partial charge in [-0.25, -0.2) is 0 Å². The molecule has 0 radical (unpaired) electrons. The minimum atomic E-state index is -4.44. The van der Waals surface area contributed by atoms with Crippen LogP contribution in [0.5, 0.6) is 0 Å². The number of hydrogen-bond donors (Lipinski definition) is 0. The fraction of sp³-hybridized carbons (Fsp3) is 0.562. The molecule has 0 spiro atoms. The van der Waals surface area contributed by atoms with E-state index in [0.29, 0.717) is 18.9 Å². The van der Waals surface area contributed by atoms with Crippen LogP contribution in [0.3, 0.4) is 0 Å². The predicted octanol–water partition coefficient (Wildman–Crippen LogP) is 5.68. The lowest BCUT2D eigenvalue weighted by atomic mass is 10.0. The first-order valence-electron chi connectivity index (χ1n) is 7.47. The van der Waals surface area contributed by atoms with Gasteiger partial charge >= 0.3 is 6.18 Å². The zero-order valence-electron chi connectivity index (χ0n) is 12.4. The zero-order chi connectivity index (χ0) is 16.2. The van der Waals surface area contributed by atoms with Crippen LogP contribution in [0.1, 0.15) is 50.2 Å². The Kier molecular flexibility index (Phi) is 5.73. The van der Waals surface area contributed by atoms with E-state index in [2.05, 4.69) is 5.16 Å². The van der Waals surface area contributed by atoms with Gasteiger partial charge in [0.2, 0.25) is 0 Å². The molecule has 0 aromatic heterocycles. The highest BCUT2D eigenvalue weighted by atomic mass is 35.5. The molecule has 0 saturated heterocycles. The first-order valence-corrected chi connectivity index (χ1v) is 7.85. The number of benzene rings is 1. The molecule has 0 heterocycles. The van der Waals surface area contributed by atoms with E-state index in [0.717, 1.165) is 18.9 Å². The largest absolute Gasteiger partial charge is 0.417 e. The van der Waals surface area contributed by atoms with E-state index in [4.69, 9.17) is 16.4 Å². The standard InChI is InChI=1S/C16H19ClF3NO/c1-2-15(21-22-10-11-5-3-4-6-11)13-9-12(17)7-8-14(13)16(18,19)20/h7-9,11H,2-6,10H2,1H3/b21-15+. The van der Waals surface area contributed by atoms with Crippen molar-refractivity contribution in [1.29, 1.82) is 0 Å². The second kappa shape index (κ2) is 7.36. The predicted molar refractivity (Wildman–Crippen MR) is 81.2 cm³/mol. The minimum absolute atomic E-state index is 0.00563. The Labute approximate surface area is 133 Å². The van der Waals surface area contributed by atoms with Crippen LogP contribution >= 0.6 is 11.6 Å². The summed E-state index contributed by atoms with van der Waals surface area (Å²) in [5, 5.41) is 4.20. The van der Waals surface area contributed by atoms with E-state index in [1.807, 2.05) is 0 Å². The van der Waals surface area contributed by atoms with Crippen LogP contribution in [0.15, 0.2) is 23.4 Å². The average Bonchev–Trinajstić information content (AvgIpc) is 2.95. The Morgan fingerprint density at radius 1 is 1.32 bits per heavy atom. The van der Waals surface area contributed by atoms with Crippen molar-refractivity contribution in [3.63, 3.8) is 0 Å². The maximum Gasteiger partial charge on any atom is 0.417 e. The van der Waals surface area contributed by atoms with Crippen LogP contribution in [-0.2, 0) is 11.0 Å². The molecule has 0 amide bonds. The Morgan fingerprint density at radius 3 is 2.59 bits per heavy atom. The van der Waals surface area contributed by atoms with E-state index in [1.165, 1.54) is 25.0 Å². The van der Waals surface area contributed by atoms with Gasteiger partial charge in [-0.05, 0) is 43.4 Å². The van der Waals surface area contributed by atoms with Crippen molar-refractivity contribution in [1.82, 2.24) is 0 Å². The molecule has 0 atom stereocenters. The summed E-state index contributed by atoms with van der Waals surface area (Å²) in [5.74, 6) is 0.461. The summed E-state index contributed by atoms with van der Waals surface area (Å²) in [6, 6.07) is 3.52. The molecule has 1 aliphatic carbocycles. The Hall–Kier alpha value is -1.23. The van der Waals surface area contributed by atoms with Crippen molar-refractivity contribution in [3.05, 3.63) is 34.3 Å². The summed E-state index contributed by atoms with van der Waals surface area (Å²) in [7, 11) is 0. The molecule has 6 heteroatoms. The van der Waals surface area contributed by atoms with Gasteiger partial charge in [0.05, 0.1) is 11.3 Å². The quantitative estimate of drug-likeness (QED) is 0.502. The summed E-state index contributed by atoms with van der Waals surface area (Å²) in [5.41, 5.74) is -0.469. The lowest BCUT2D eigenvalue weighted by Crippen LogP contribution is -2.14. The van der Waals surface area contributed by atoms with Crippen LogP contribution in [0, 0.1) is 5.92 Å². The molecule has 2 nitrogen and oxygen atoms in total. The summed E-state index contributed by atoms with van der Waals surface area (Å²) in [6.45, 7) is 2.21. The highest BCUT2D eigenvalue weighted by Crippen LogP contribution is 2.34. The van der Waals surface area contributed by atoms with Crippen molar-refractivity contribution in [2.45, 2.75) is 45.2 Å².